The van der Waals surface area contributed by atoms with Gasteiger partial charge in [-0.3, -0.25) is 9.59 Å². The number of ether oxygens (including phenoxy) is 1. The molecule has 1 heterocycles. The molecule has 0 aliphatic carbocycles. The Hall–Kier alpha value is -2.67. The third-order valence-corrected chi connectivity index (χ3v) is 4.53. The lowest BCUT2D eigenvalue weighted by Crippen LogP contribution is -2.18. The molecule has 0 aliphatic rings. The highest BCUT2D eigenvalue weighted by Gasteiger charge is 2.26. The first-order valence-corrected chi connectivity index (χ1v) is 8.20. The predicted octanol–water partition coefficient (Wildman–Crippen LogP) is 2.85. The van der Waals surface area contributed by atoms with Crippen LogP contribution in [0.2, 0.25) is 0 Å². The fourth-order valence-corrected chi connectivity index (χ4v) is 3.28. The first-order valence-electron chi connectivity index (χ1n) is 7.38. The second-order valence-electron chi connectivity index (χ2n) is 4.88. The van der Waals surface area contributed by atoms with Crippen molar-refractivity contribution < 1.29 is 19.1 Å². The minimum Gasteiger partial charge on any atom is -0.462 e. The van der Waals surface area contributed by atoms with Crippen LogP contribution in [0.3, 0.4) is 0 Å². The van der Waals surface area contributed by atoms with Crippen molar-refractivity contribution in [2.24, 2.45) is 0 Å². The van der Waals surface area contributed by atoms with E-state index in [-0.39, 0.29) is 24.0 Å². The molecule has 1 aromatic heterocycles. The Balaban J connectivity index is 2.42. The number of nitrogens with one attached hydrogen (secondary N) is 2. The van der Waals surface area contributed by atoms with Crippen LogP contribution in [0.1, 0.15) is 42.9 Å². The van der Waals surface area contributed by atoms with Crippen LogP contribution in [0, 0.1) is 6.92 Å². The molecule has 126 valence electrons. The Morgan fingerprint density at radius 2 is 1.79 bits per heavy atom. The summed E-state index contributed by atoms with van der Waals surface area (Å²) in [6.07, 6.45) is 0. The van der Waals surface area contributed by atoms with E-state index in [1.165, 1.54) is 7.05 Å². The highest BCUT2D eigenvalue weighted by Crippen LogP contribution is 2.34. The van der Waals surface area contributed by atoms with E-state index in [0.717, 1.165) is 11.3 Å². The largest absolute Gasteiger partial charge is 0.462 e. The summed E-state index contributed by atoms with van der Waals surface area (Å²) in [6.45, 7) is 3.56. The molecule has 1 aromatic carbocycles. The molecule has 2 amide bonds. The van der Waals surface area contributed by atoms with Crippen molar-refractivity contribution in [1.29, 1.82) is 0 Å². The summed E-state index contributed by atoms with van der Waals surface area (Å²) < 4.78 is 5.05. The quantitative estimate of drug-likeness (QED) is 0.815. The molecule has 2 rings (SSSR count). The van der Waals surface area contributed by atoms with Crippen molar-refractivity contribution in [2.45, 2.75) is 13.8 Å². The van der Waals surface area contributed by atoms with Crippen LogP contribution in [-0.2, 0) is 4.74 Å². The number of thiophene rings is 1. The molecule has 0 aliphatic heterocycles. The highest BCUT2D eigenvalue weighted by molar-refractivity contribution is 7.18. The summed E-state index contributed by atoms with van der Waals surface area (Å²) in [7, 11) is 1.51. The van der Waals surface area contributed by atoms with Gasteiger partial charge in [-0.1, -0.05) is 18.2 Å². The monoisotopic (exact) mass is 346 g/mol. The van der Waals surface area contributed by atoms with Gasteiger partial charge in [0.2, 0.25) is 0 Å². The van der Waals surface area contributed by atoms with Crippen molar-refractivity contribution in [3.63, 3.8) is 0 Å². The molecule has 2 N–H and O–H groups in total. The van der Waals surface area contributed by atoms with E-state index in [4.69, 9.17) is 4.74 Å². The standard InChI is InChI=1S/C17H18N2O4S/c1-4-23-17(22)12-10(2)13(15(21)18-3)24-16(12)19-14(20)11-8-6-5-7-9-11/h5-9H,4H2,1-3H3,(H,18,21)(H,19,20). The first-order chi connectivity index (χ1) is 11.5. The van der Waals surface area contributed by atoms with Crippen molar-refractivity contribution in [3.05, 3.63) is 51.9 Å². The van der Waals surface area contributed by atoms with Crippen LogP contribution >= 0.6 is 11.3 Å². The van der Waals surface area contributed by atoms with Gasteiger partial charge >= 0.3 is 5.97 Å². The minimum absolute atomic E-state index is 0.204. The topological polar surface area (TPSA) is 84.5 Å². The van der Waals surface area contributed by atoms with Crippen molar-refractivity contribution >= 4 is 34.1 Å². The zero-order chi connectivity index (χ0) is 17.7. The molecule has 0 unspecified atom stereocenters. The number of hydrogen-bond donors (Lipinski definition) is 2. The molecule has 0 saturated carbocycles. The summed E-state index contributed by atoms with van der Waals surface area (Å²) in [5, 5.41) is 5.53. The van der Waals surface area contributed by atoms with E-state index < -0.39 is 5.97 Å². The highest BCUT2D eigenvalue weighted by atomic mass is 32.1. The lowest BCUT2D eigenvalue weighted by molar-refractivity contribution is 0.0527. The molecule has 0 radical (unpaired) electrons. The normalized spacial score (nSPS) is 10.1. The third-order valence-electron chi connectivity index (χ3n) is 3.32. The van der Waals surface area contributed by atoms with Gasteiger partial charge in [-0.05, 0) is 31.5 Å². The van der Waals surface area contributed by atoms with Gasteiger partial charge in [0.05, 0.1) is 17.0 Å². The van der Waals surface area contributed by atoms with Gasteiger partial charge < -0.3 is 15.4 Å². The molecule has 0 atom stereocenters. The average Bonchev–Trinajstić information content (AvgIpc) is 2.91. The Morgan fingerprint density at radius 1 is 1.12 bits per heavy atom. The van der Waals surface area contributed by atoms with Gasteiger partial charge in [0.25, 0.3) is 11.8 Å². The third kappa shape index (κ3) is 3.62. The van der Waals surface area contributed by atoms with Gasteiger partial charge in [0, 0.05) is 12.6 Å². The number of amides is 2. The summed E-state index contributed by atoms with van der Waals surface area (Å²) in [6, 6.07) is 8.63. The SMILES string of the molecule is CCOC(=O)c1c(NC(=O)c2ccccc2)sc(C(=O)NC)c1C. The second kappa shape index (κ2) is 7.74. The van der Waals surface area contributed by atoms with Crippen LogP contribution in [0.15, 0.2) is 30.3 Å². The predicted molar refractivity (Wildman–Crippen MR) is 92.8 cm³/mol. The number of anilines is 1. The number of esters is 1. The van der Waals surface area contributed by atoms with E-state index in [9.17, 15) is 14.4 Å². The minimum atomic E-state index is -0.565. The number of carbonyl (C=O) groups excluding carboxylic acids is 3. The summed E-state index contributed by atoms with van der Waals surface area (Å²) >= 11 is 1.05. The molecule has 0 saturated heterocycles. The van der Waals surface area contributed by atoms with Crippen molar-refractivity contribution in [1.82, 2.24) is 5.32 Å². The zero-order valence-electron chi connectivity index (χ0n) is 13.6. The Bertz CT molecular complexity index is 768. The zero-order valence-corrected chi connectivity index (χ0v) is 14.5. The summed E-state index contributed by atoms with van der Waals surface area (Å²) in [5.41, 5.74) is 1.16. The molecule has 6 nitrogen and oxygen atoms in total. The molecule has 0 fully saturated rings. The summed E-state index contributed by atoms with van der Waals surface area (Å²) in [4.78, 5) is 36.9. The number of carbonyl (C=O) groups is 3. The lowest BCUT2D eigenvalue weighted by Gasteiger charge is -2.07. The molecular formula is C17H18N2O4S. The Kier molecular flexibility index (Phi) is 5.70. The number of benzene rings is 1. The summed E-state index contributed by atoms with van der Waals surface area (Å²) in [5.74, 6) is -1.24. The van der Waals surface area contributed by atoms with Crippen molar-refractivity contribution in [3.8, 4) is 0 Å². The van der Waals surface area contributed by atoms with Gasteiger partial charge in [0.1, 0.15) is 5.00 Å². The first kappa shape index (κ1) is 17.7. The molecule has 2 aromatic rings. The van der Waals surface area contributed by atoms with Crippen molar-refractivity contribution in [2.75, 3.05) is 19.0 Å². The van der Waals surface area contributed by atoms with Crippen LogP contribution in [0.4, 0.5) is 5.00 Å². The van der Waals surface area contributed by atoms with Gasteiger partial charge in [-0.2, -0.15) is 0 Å². The molecular weight excluding hydrogens is 328 g/mol. The molecule has 24 heavy (non-hydrogen) atoms. The van der Waals surface area contributed by atoms with E-state index in [2.05, 4.69) is 10.6 Å². The molecule has 0 spiro atoms. The maximum absolute atomic E-state index is 12.3. The van der Waals surface area contributed by atoms with E-state index in [0.29, 0.717) is 21.0 Å². The van der Waals surface area contributed by atoms with E-state index >= 15 is 0 Å². The Morgan fingerprint density at radius 3 is 2.38 bits per heavy atom. The van der Waals surface area contributed by atoms with Gasteiger partial charge in [-0.15, -0.1) is 11.3 Å². The van der Waals surface area contributed by atoms with Gasteiger partial charge in [0.15, 0.2) is 0 Å². The average molecular weight is 346 g/mol. The van der Waals surface area contributed by atoms with Crippen LogP contribution in [-0.4, -0.2) is 31.4 Å². The molecule has 0 bridgehead atoms. The number of rotatable bonds is 5. The van der Waals surface area contributed by atoms with Crippen LogP contribution < -0.4 is 10.6 Å². The second-order valence-corrected chi connectivity index (χ2v) is 5.90. The maximum Gasteiger partial charge on any atom is 0.341 e. The van der Waals surface area contributed by atoms with E-state index in [1.807, 2.05) is 0 Å². The smallest absolute Gasteiger partial charge is 0.341 e. The lowest BCUT2D eigenvalue weighted by atomic mass is 10.1. The van der Waals surface area contributed by atoms with E-state index in [1.54, 1.807) is 44.2 Å². The van der Waals surface area contributed by atoms with Crippen LogP contribution in [0.25, 0.3) is 0 Å². The van der Waals surface area contributed by atoms with Gasteiger partial charge in [-0.25, -0.2) is 4.79 Å². The Labute approximate surface area is 143 Å². The maximum atomic E-state index is 12.3. The number of hydrogen-bond acceptors (Lipinski definition) is 5. The fourth-order valence-electron chi connectivity index (χ4n) is 2.15. The molecule has 7 heteroatoms. The van der Waals surface area contributed by atoms with Crippen LogP contribution in [0.5, 0.6) is 0 Å². The fraction of sp³-hybridized carbons (Fsp3) is 0.235.